The van der Waals surface area contributed by atoms with Crippen molar-refractivity contribution in [2.75, 3.05) is 0 Å². The Labute approximate surface area is 236 Å². The quantitative estimate of drug-likeness (QED) is 0.0838. The molecule has 0 saturated heterocycles. The molecule has 0 aliphatic rings. The summed E-state index contributed by atoms with van der Waals surface area (Å²) in [4.78, 5) is 0. The van der Waals surface area contributed by atoms with Gasteiger partial charge in [-0.15, -0.1) is 12.4 Å². The van der Waals surface area contributed by atoms with Gasteiger partial charge in [0.15, 0.2) is 0 Å². The number of halogens is 1. The smallest absolute Gasteiger partial charge is 0.0550 e. The standard InChI is InChI=1S/C34H70O.ClH/c1-5-7-9-11-13-15-17-19-21-23-25-27-29-31-33(3)35-34(4)32-30-28-26-24-22-20-18-16-14-12-10-8-6-2;/h33-34H,5-32H2,1-4H3;1H. The Balaban J connectivity index is 0. The lowest BCUT2D eigenvalue weighted by molar-refractivity contribution is -0.00232. The van der Waals surface area contributed by atoms with Crippen LogP contribution in [0.25, 0.3) is 0 Å². The van der Waals surface area contributed by atoms with E-state index in [-0.39, 0.29) is 12.4 Å². The van der Waals surface area contributed by atoms with Crippen LogP contribution in [-0.2, 0) is 4.74 Å². The molecular weight excluding hydrogens is 460 g/mol. The maximum Gasteiger partial charge on any atom is 0.0550 e. The molecule has 2 unspecified atom stereocenters. The molecule has 0 aromatic carbocycles. The van der Waals surface area contributed by atoms with Crippen LogP contribution in [0.15, 0.2) is 0 Å². The number of rotatable bonds is 30. The normalized spacial score (nSPS) is 13.0. The third-order valence-corrected chi connectivity index (χ3v) is 7.89. The molecule has 0 N–H and O–H groups in total. The van der Waals surface area contributed by atoms with E-state index in [1.54, 1.807) is 0 Å². The van der Waals surface area contributed by atoms with Crippen molar-refractivity contribution >= 4 is 12.4 Å². The van der Waals surface area contributed by atoms with Crippen molar-refractivity contribution in [3.05, 3.63) is 0 Å². The van der Waals surface area contributed by atoms with Gasteiger partial charge in [-0.1, -0.05) is 181 Å². The van der Waals surface area contributed by atoms with Gasteiger partial charge in [0.1, 0.15) is 0 Å². The van der Waals surface area contributed by atoms with Gasteiger partial charge in [0.05, 0.1) is 12.2 Å². The van der Waals surface area contributed by atoms with E-state index in [0.29, 0.717) is 12.2 Å². The molecule has 2 heteroatoms. The molecule has 0 radical (unpaired) electrons. The highest BCUT2D eigenvalue weighted by atomic mass is 35.5. The third-order valence-electron chi connectivity index (χ3n) is 7.89. The maximum absolute atomic E-state index is 6.26. The summed E-state index contributed by atoms with van der Waals surface area (Å²) in [5, 5.41) is 0. The Hall–Kier alpha value is 0.250. The molecule has 0 aliphatic carbocycles. The van der Waals surface area contributed by atoms with Crippen LogP contribution in [0.4, 0.5) is 0 Å². The summed E-state index contributed by atoms with van der Waals surface area (Å²) < 4.78 is 6.26. The van der Waals surface area contributed by atoms with Gasteiger partial charge in [0.25, 0.3) is 0 Å². The van der Waals surface area contributed by atoms with Crippen molar-refractivity contribution in [2.45, 2.75) is 220 Å². The van der Waals surface area contributed by atoms with Crippen LogP contribution in [0.1, 0.15) is 207 Å². The van der Waals surface area contributed by atoms with Crippen LogP contribution in [0.3, 0.4) is 0 Å². The van der Waals surface area contributed by atoms with Crippen molar-refractivity contribution in [3.8, 4) is 0 Å². The highest BCUT2D eigenvalue weighted by molar-refractivity contribution is 5.85. The maximum atomic E-state index is 6.26. The molecular formula is C34H71ClO. The number of ether oxygens (including phenoxy) is 1. The fraction of sp³-hybridized carbons (Fsp3) is 1.00. The first-order valence-corrected chi connectivity index (χ1v) is 16.9. The summed E-state index contributed by atoms with van der Waals surface area (Å²) in [7, 11) is 0. The molecule has 0 bridgehead atoms. The Bertz CT molecular complexity index is 338. The summed E-state index contributed by atoms with van der Waals surface area (Å²) in [5.74, 6) is 0. The summed E-state index contributed by atoms with van der Waals surface area (Å²) in [6.07, 6.45) is 40.7. The lowest BCUT2D eigenvalue weighted by Crippen LogP contribution is -2.17. The van der Waals surface area contributed by atoms with Crippen LogP contribution >= 0.6 is 12.4 Å². The average molecular weight is 531 g/mol. The molecule has 2 atom stereocenters. The minimum Gasteiger partial charge on any atom is -0.376 e. The van der Waals surface area contributed by atoms with Gasteiger partial charge in [-0.05, 0) is 26.7 Å². The van der Waals surface area contributed by atoms with Crippen molar-refractivity contribution < 1.29 is 4.74 Å². The van der Waals surface area contributed by atoms with Crippen LogP contribution in [0, 0.1) is 0 Å². The minimum absolute atomic E-state index is 0. The van der Waals surface area contributed by atoms with E-state index in [9.17, 15) is 0 Å². The Kier molecular flexibility index (Phi) is 35.5. The van der Waals surface area contributed by atoms with Gasteiger partial charge in [0.2, 0.25) is 0 Å². The molecule has 0 heterocycles. The number of hydrogen-bond donors (Lipinski definition) is 0. The summed E-state index contributed by atoms with van der Waals surface area (Å²) >= 11 is 0. The van der Waals surface area contributed by atoms with Gasteiger partial charge in [-0.3, -0.25) is 0 Å². The van der Waals surface area contributed by atoms with Crippen molar-refractivity contribution in [1.82, 2.24) is 0 Å². The molecule has 0 rings (SSSR count). The molecule has 0 fully saturated rings. The predicted octanol–water partition coefficient (Wildman–Crippen LogP) is 13.2. The number of hydrogen-bond acceptors (Lipinski definition) is 1. The van der Waals surface area contributed by atoms with E-state index in [0.717, 1.165) is 0 Å². The Morgan fingerprint density at radius 1 is 0.333 bits per heavy atom. The van der Waals surface area contributed by atoms with Gasteiger partial charge in [0, 0.05) is 0 Å². The van der Waals surface area contributed by atoms with Crippen LogP contribution in [0.5, 0.6) is 0 Å². The third kappa shape index (κ3) is 32.3. The summed E-state index contributed by atoms with van der Waals surface area (Å²) in [6, 6.07) is 0. The molecule has 0 aliphatic heterocycles. The second kappa shape index (κ2) is 33.3. The molecule has 1 nitrogen and oxygen atoms in total. The second-order valence-electron chi connectivity index (χ2n) is 11.8. The summed E-state index contributed by atoms with van der Waals surface area (Å²) in [5.41, 5.74) is 0. The Morgan fingerprint density at radius 2 is 0.528 bits per heavy atom. The first-order chi connectivity index (χ1) is 17.2. The first kappa shape index (κ1) is 38.4. The van der Waals surface area contributed by atoms with Crippen LogP contribution in [-0.4, -0.2) is 12.2 Å². The zero-order chi connectivity index (χ0) is 25.7. The summed E-state index contributed by atoms with van der Waals surface area (Å²) in [6.45, 7) is 9.19. The second-order valence-corrected chi connectivity index (χ2v) is 11.8. The zero-order valence-corrected chi connectivity index (χ0v) is 26.6. The fourth-order valence-electron chi connectivity index (χ4n) is 5.43. The molecule has 0 amide bonds. The lowest BCUT2D eigenvalue weighted by atomic mass is 10.0. The highest BCUT2D eigenvalue weighted by Gasteiger charge is 2.08. The van der Waals surface area contributed by atoms with Gasteiger partial charge < -0.3 is 4.74 Å². The van der Waals surface area contributed by atoms with Crippen molar-refractivity contribution in [3.63, 3.8) is 0 Å². The van der Waals surface area contributed by atoms with E-state index in [1.165, 1.54) is 180 Å². The molecule has 0 aromatic heterocycles. The molecule has 0 aromatic rings. The molecule has 0 spiro atoms. The van der Waals surface area contributed by atoms with E-state index in [2.05, 4.69) is 27.7 Å². The zero-order valence-electron chi connectivity index (χ0n) is 25.8. The van der Waals surface area contributed by atoms with Crippen LogP contribution < -0.4 is 0 Å². The van der Waals surface area contributed by atoms with E-state index in [4.69, 9.17) is 4.74 Å². The average Bonchev–Trinajstić information content (AvgIpc) is 2.85. The minimum atomic E-state index is 0. The van der Waals surface area contributed by atoms with Crippen molar-refractivity contribution in [1.29, 1.82) is 0 Å². The van der Waals surface area contributed by atoms with E-state index >= 15 is 0 Å². The van der Waals surface area contributed by atoms with E-state index in [1.807, 2.05) is 0 Å². The van der Waals surface area contributed by atoms with E-state index < -0.39 is 0 Å². The largest absolute Gasteiger partial charge is 0.376 e. The number of unbranched alkanes of at least 4 members (excludes halogenated alkanes) is 24. The monoisotopic (exact) mass is 531 g/mol. The molecule has 220 valence electrons. The van der Waals surface area contributed by atoms with Crippen molar-refractivity contribution in [2.24, 2.45) is 0 Å². The van der Waals surface area contributed by atoms with Crippen LogP contribution in [0.2, 0.25) is 0 Å². The topological polar surface area (TPSA) is 9.23 Å². The van der Waals surface area contributed by atoms with Gasteiger partial charge in [-0.25, -0.2) is 0 Å². The molecule has 0 saturated carbocycles. The highest BCUT2D eigenvalue weighted by Crippen LogP contribution is 2.17. The fourth-order valence-corrected chi connectivity index (χ4v) is 5.43. The SMILES string of the molecule is CCCCCCCCCCCCCCCC(C)OC(C)CCCCCCCCCCCCCCC.Cl. The van der Waals surface area contributed by atoms with Gasteiger partial charge >= 0.3 is 0 Å². The Morgan fingerprint density at radius 3 is 0.750 bits per heavy atom. The first-order valence-electron chi connectivity index (χ1n) is 16.9. The molecule has 36 heavy (non-hydrogen) atoms. The lowest BCUT2D eigenvalue weighted by Gasteiger charge is -2.19. The predicted molar refractivity (Wildman–Crippen MR) is 168 cm³/mol. The van der Waals surface area contributed by atoms with Gasteiger partial charge in [-0.2, -0.15) is 0 Å².